The van der Waals surface area contributed by atoms with E-state index in [2.05, 4.69) is 0 Å². The first-order valence-corrected chi connectivity index (χ1v) is 2.47. The Morgan fingerprint density at radius 2 is 2.25 bits per heavy atom. The van der Waals surface area contributed by atoms with Crippen LogP contribution in [-0.4, -0.2) is 12.1 Å². The van der Waals surface area contributed by atoms with Gasteiger partial charge in [0.25, 0.3) is 0 Å². The highest BCUT2D eigenvalue weighted by atomic mass is 19.1. The molecule has 0 rings (SSSR count). The minimum Gasteiger partial charge on any atom is -0.248 e. The molecule has 1 unspecified atom stereocenters. The molecule has 0 bridgehead atoms. The second-order valence-corrected chi connectivity index (χ2v) is 1.69. The van der Waals surface area contributed by atoms with E-state index in [0.29, 0.717) is 0 Å². The van der Waals surface area contributed by atoms with Crippen molar-refractivity contribution in [1.29, 1.82) is 0 Å². The van der Waals surface area contributed by atoms with Crippen LogP contribution >= 0.6 is 0 Å². The summed E-state index contributed by atoms with van der Waals surface area (Å²) in [5.41, 5.74) is 0. The minimum absolute atomic E-state index is 0.0579. The number of hydrogen-bond acceptors (Lipinski definition) is 1. The zero-order valence-electron chi connectivity index (χ0n) is 4.69. The van der Waals surface area contributed by atoms with E-state index in [9.17, 15) is 14.3 Å². The van der Waals surface area contributed by atoms with Crippen molar-refractivity contribution in [3.8, 4) is 0 Å². The van der Waals surface area contributed by atoms with Crippen molar-refractivity contribution in [1.82, 2.24) is 0 Å². The summed E-state index contributed by atoms with van der Waals surface area (Å²) < 4.78 is 11.8. The van der Waals surface area contributed by atoms with Crippen LogP contribution in [0.4, 0.5) is 4.39 Å². The van der Waals surface area contributed by atoms with E-state index in [1.807, 2.05) is 0 Å². The van der Waals surface area contributed by atoms with E-state index in [0.717, 1.165) is 0 Å². The van der Waals surface area contributed by atoms with Gasteiger partial charge in [-0.3, -0.25) is 0 Å². The average Bonchev–Trinajstić information content (AvgIpc) is 1.61. The summed E-state index contributed by atoms with van der Waals surface area (Å²) in [5.74, 6) is -1.19. The molecule has 0 aromatic rings. The third-order valence-corrected chi connectivity index (χ3v) is 0.746. The Kier molecular flexibility index (Phi) is 3.15. The van der Waals surface area contributed by atoms with E-state index in [-0.39, 0.29) is 12.8 Å². The molecule has 8 heavy (non-hydrogen) atoms. The summed E-state index contributed by atoms with van der Waals surface area (Å²) in [7, 11) is 0. The lowest BCUT2D eigenvalue weighted by atomic mass is 10.2. The van der Waals surface area contributed by atoms with Crippen molar-refractivity contribution in [2.75, 3.05) is 0 Å². The standard InChI is InChI=1S/C5H8FO2/c1-4(6)2-3-5(7)8/h4H,2-3H2,1H3. The van der Waals surface area contributed by atoms with Gasteiger partial charge in [-0.25, -0.2) is 14.3 Å². The topological polar surface area (TPSA) is 37.0 Å². The average molecular weight is 119 g/mol. The number of carbonyl (C=O) groups excluding carboxylic acids is 1. The van der Waals surface area contributed by atoms with Crippen LogP contribution in [0.5, 0.6) is 0 Å². The molecule has 47 valence electrons. The molecule has 0 saturated heterocycles. The Morgan fingerprint density at radius 3 is 2.38 bits per heavy atom. The van der Waals surface area contributed by atoms with Gasteiger partial charge < -0.3 is 0 Å². The molecular formula is C5H8FO2. The Hall–Kier alpha value is -0.600. The monoisotopic (exact) mass is 119 g/mol. The van der Waals surface area contributed by atoms with Gasteiger partial charge in [-0.05, 0) is 13.3 Å². The van der Waals surface area contributed by atoms with Gasteiger partial charge in [-0.1, -0.05) is 0 Å². The third-order valence-electron chi connectivity index (χ3n) is 0.746. The molecule has 1 radical (unpaired) electrons. The molecule has 0 N–H and O–H groups in total. The molecule has 0 heterocycles. The van der Waals surface area contributed by atoms with Gasteiger partial charge >= 0.3 is 5.97 Å². The molecule has 3 heteroatoms. The Bertz CT molecular complexity index is 80.5. The molecule has 0 aliphatic carbocycles. The van der Waals surface area contributed by atoms with Crippen LogP contribution in [0.3, 0.4) is 0 Å². The van der Waals surface area contributed by atoms with Crippen LogP contribution < -0.4 is 0 Å². The molecule has 0 aliphatic heterocycles. The van der Waals surface area contributed by atoms with Gasteiger partial charge in [0.1, 0.15) is 0 Å². The lowest BCUT2D eigenvalue weighted by molar-refractivity contribution is -0.143. The molecule has 0 aromatic carbocycles. The van der Waals surface area contributed by atoms with Crippen molar-refractivity contribution in [3.63, 3.8) is 0 Å². The number of halogens is 1. The molecule has 0 aliphatic rings. The second kappa shape index (κ2) is 3.41. The zero-order chi connectivity index (χ0) is 6.57. The highest BCUT2D eigenvalue weighted by Crippen LogP contribution is 1.99. The lowest BCUT2D eigenvalue weighted by Crippen LogP contribution is -1.98. The largest absolute Gasteiger partial charge is 0.355 e. The molecule has 2 nitrogen and oxygen atoms in total. The van der Waals surface area contributed by atoms with Gasteiger partial charge in [0.2, 0.25) is 0 Å². The lowest BCUT2D eigenvalue weighted by Gasteiger charge is -1.92. The van der Waals surface area contributed by atoms with Crippen molar-refractivity contribution < 1.29 is 14.3 Å². The van der Waals surface area contributed by atoms with Gasteiger partial charge in [-0.15, -0.1) is 0 Å². The number of rotatable bonds is 3. The maximum Gasteiger partial charge on any atom is 0.355 e. The van der Waals surface area contributed by atoms with Crippen molar-refractivity contribution in [3.05, 3.63) is 0 Å². The van der Waals surface area contributed by atoms with Crippen LogP contribution in [-0.2, 0) is 9.90 Å². The van der Waals surface area contributed by atoms with Crippen LogP contribution in [0.25, 0.3) is 0 Å². The van der Waals surface area contributed by atoms with Gasteiger partial charge in [-0.2, -0.15) is 0 Å². The molecule has 0 spiro atoms. The number of hydrogen-bond donors (Lipinski definition) is 0. The van der Waals surface area contributed by atoms with Crippen molar-refractivity contribution >= 4 is 5.97 Å². The second-order valence-electron chi connectivity index (χ2n) is 1.69. The SMILES string of the molecule is CC(F)CCC([O])=O. The van der Waals surface area contributed by atoms with E-state index in [4.69, 9.17) is 0 Å². The summed E-state index contributed by atoms with van der Waals surface area (Å²) in [6, 6.07) is 0. The Labute approximate surface area is 47.3 Å². The van der Waals surface area contributed by atoms with Gasteiger partial charge in [0.15, 0.2) is 0 Å². The first-order valence-electron chi connectivity index (χ1n) is 2.47. The van der Waals surface area contributed by atoms with Gasteiger partial charge in [0, 0.05) is 0 Å². The highest BCUT2D eigenvalue weighted by Gasteiger charge is 2.02. The summed E-state index contributed by atoms with van der Waals surface area (Å²) in [5, 5.41) is 9.63. The molecule has 0 saturated carbocycles. The number of alkyl halides is 1. The predicted octanol–water partition coefficient (Wildman–Crippen LogP) is 1.08. The Morgan fingerprint density at radius 1 is 1.75 bits per heavy atom. The minimum atomic E-state index is -1.19. The van der Waals surface area contributed by atoms with Crippen LogP contribution in [0.1, 0.15) is 19.8 Å². The van der Waals surface area contributed by atoms with E-state index < -0.39 is 12.1 Å². The van der Waals surface area contributed by atoms with Crippen LogP contribution in [0, 0.1) is 0 Å². The fraction of sp³-hybridized carbons (Fsp3) is 0.800. The maximum absolute atomic E-state index is 11.8. The summed E-state index contributed by atoms with van der Waals surface area (Å²) in [4.78, 5) is 9.63. The van der Waals surface area contributed by atoms with E-state index >= 15 is 0 Å². The molecule has 0 fully saturated rings. The summed E-state index contributed by atoms with van der Waals surface area (Å²) in [6.07, 6.45) is -1.16. The first kappa shape index (κ1) is 7.40. The van der Waals surface area contributed by atoms with Crippen molar-refractivity contribution in [2.24, 2.45) is 0 Å². The molecule has 1 atom stereocenters. The van der Waals surface area contributed by atoms with Crippen LogP contribution in [0.15, 0.2) is 0 Å². The van der Waals surface area contributed by atoms with Crippen molar-refractivity contribution in [2.45, 2.75) is 25.9 Å². The molecule has 0 amide bonds. The molecule has 0 aromatic heterocycles. The van der Waals surface area contributed by atoms with Gasteiger partial charge in [0.05, 0.1) is 12.6 Å². The Balaban J connectivity index is 3.05. The fourth-order valence-corrected chi connectivity index (χ4v) is 0.317. The third kappa shape index (κ3) is 5.40. The van der Waals surface area contributed by atoms with E-state index in [1.54, 1.807) is 0 Å². The fourth-order valence-electron chi connectivity index (χ4n) is 0.317. The van der Waals surface area contributed by atoms with Crippen LogP contribution in [0.2, 0.25) is 0 Å². The zero-order valence-corrected chi connectivity index (χ0v) is 4.69. The smallest absolute Gasteiger partial charge is 0.248 e. The number of carbonyl (C=O) groups is 1. The first-order chi connectivity index (χ1) is 3.63. The normalized spacial score (nSPS) is 13.2. The quantitative estimate of drug-likeness (QED) is 0.547. The van der Waals surface area contributed by atoms with E-state index in [1.165, 1.54) is 6.92 Å². The predicted molar refractivity (Wildman–Crippen MR) is 25.5 cm³/mol. The molecular weight excluding hydrogens is 111 g/mol. The maximum atomic E-state index is 11.8. The summed E-state index contributed by atoms with van der Waals surface area (Å²) in [6.45, 7) is 1.32. The highest BCUT2D eigenvalue weighted by molar-refractivity contribution is 5.66. The summed E-state index contributed by atoms with van der Waals surface area (Å²) >= 11 is 0.